The molecule has 0 aromatic heterocycles. The molecule has 0 saturated carbocycles. The lowest BCUT2D eigenvalue weighted by molar-refractivity contribution is -0.116. The minimum Gasteiger partial charge on any atom is -0.462 e. The summed E-state index contributed by atoms with van der Waals surface area (Å²) in [6.45, 7) is 2.05. The van der Waals surface area contributed by atoms with Crippen molar-refractivity contribution in [3.63, 3.8) is 0 Å². The van der Waals surface area contributed by atoms with Crippen molar-refractivity contribution < 1.29 is 19.1 Å². The zero-order chi connectivity index (χ0) is 27.6. The van der Waals surface area contributed by atoms with Crippen LogP contribution in [0.3, 0.4) is 0 Å². The summed E-state index contributed by atoms with van der Waals surface area (Å²) in [4.78, 5) is 38.6. The third-order valence-electron chi connectivity index (χ3n) is 5.67. The molecule has 0 radical (unpaired) electrons. The molecule has 0 aliphatic heterocycles. The molecule has 1 atom stereocenters. The standard InChI is InChI=1S/C31H27ClN2O4S/c1-2-38-31(37)23-10-14-26(15-11-23)34-30(36)29(22-6-4-3-5-7-22)39-27-18-16-25(17-19-27)33-28(35)20-21-8-12-24(32)13-9-21/h3-19,29H,2,20H2,1H3,(H,33,35)(H,34,36). The normalized spacial score (nSPS) is 11.3. The van der Waals surface area contributed by atoms with Gasteiger partial charge in [0.05, 0.1) is 18.6 Å². The number of halogens is 1. The van der Waals surface area contributed by atoms with E-state index in [0.29, 0.717) is 28.6 Å². The summed E-state index contributed by atoms with van der Waals surface area (Å²) in [5.41, 5.74) is 3.39. The topological polar surface area (TPSA) is 84.5 Å². The van der Waals surface area contributed by atoms with Gasteiger partial charge in [0.25, 0.3) is 0 Å². The quantitative estimate of drug-likeness (QED) is 0.159. The molecule has 4 aromatic carbocycles. The molecular formula is C31H27ClN2O4S. The molecule has 198 valence electrons. The first-order chi connectivity index (χ1) is 18.9. The number of hydrogen-bond donors (Lipinski definition) is 2. The molecule has 0 aliphatic carbocycles. The predicted octanol–water partition coefficient (Wildman–Crippen LogP) is 7.17. The average molecular weight is 559 g/mol. The second-order valence-electron chi connectivity index (χ2n) is 8.57. The average Bonchev–Trinajstić information content (AvgIpc) is 2.95. The maximum Gasteiger partial charge on any atom is 0.338 e. The van der Waals surface area contributed by atoms with Crippen molar-refractivity contribution in [2.24, 2.45) is 0 Å². The SMILES string of the molecule is CCOC(=O)c1ccc(NC(=O)C(Sc2ccc(NC(=O)Cc3ccc(Cl)cc3)cc2)c2ccccc2)cc1. The molecule has 0 aliphatic rings. The molecule has 4 rings (SSSR count). The fourth-order valence-corrected chi connectivity index (χ4v) is 4.91. The minimum absolute atomic E-state index is 0.131. The van der Waals surface area contributed by atoms with Crippen LogP contribution in [0.2, 0.25) is 5.02 Å². The van der Waals surface area contributed by atoms with E-state index in [4.69, 9.17) is 16.3 Å². The molecule has 1 unspecified atom stereocenters. The van der Waals surface area contributed by atoms with Crippen LogP contribution in [0.4, 0.5) is 11.4 Å². The molecule has 8 heteroatoms. The van der Waals surface area contributed by atoms with Crippen molar-refractivity contribution in [1.29, 1.82) is 0 Å². The number of esters is 1. The van der Waals surface area contributed by atoms with E-state index in [1.54, 1.807) is 43.3 Å². The number of rotatable bonds is 10. The molecule has 2 N–H and O–H groups in total. The second kappa shape index (κ2) is 13.6. The highest BCUT2D eigenvalue weighted by Gasteiger charge is 2.22. The number of anilines is 2. The Morgan fingerprint density at radius 1 is 0.795 bits per heavy atom. The van der Waals surface area contributed by atoms with Crippen molar-refractivity contribution in [3.05, 3.63) is 125 Å². The number of nitrogens with one attached hydrogen (secondary N) is 2. The number of amides is 2. The summed E-state index contributed by atoms with van der Waals surface area (Å²) >= 11 is 7.31. The minimum atomic E-state index is -0.527. The molecule has 39 heavy (non-hydrogen) atoms. The van der Waals surface area contributed by atoms with Gasteiger partial charge in [0.15, 0.2) is 0 Å². The van der Waals surface area contributed by atoms with E-state index in [-0.39, 0.29) is 18.2 Å². The van der Waals surface area contributed by atoms with Crippen molar-refractivity contribution in [1.82, 2.24) is 0 Å². The largest absolute Gasteiger partial charge is 0.462 e. The van der Waals surface area contributed by atoms with Crippen LogP contribution in [-0.2, 0) is 20.7 Å². The van der Waals surface area contributed by atoms with E-state index in [2.05, 4.69) is 10.6 Å². The van der Waals surface area contributed by atoms with Gasteiger partial charge in [-0.25, -0.2) is 4.79 Å². The summed E-state index contributed by atoms with van der Waals surface area (Å²) in [5, 5.41) is 5.95. The Kier molecular flexibility index (Phi) is 9.78. The zero-order valence-corrected chi connectivity index (χ0v) is 22.8. The fourth-order valence-electron chi connectivity index (χ4n) is 3.76. The highest BCUT2D eigenvalue weighted by atomic mass is 35.5. The van der Waals surface area contributed by atoms with E-state index in [0.717, 1.165) is 16.0 Å². The van der Waals surface area contributed by atoms with E-state index >= 15 is 0 Å². The van der Waals surface area contributed by atoms with Gasteiger partial charge in [-0.1, -0.05) is 54.1 Å². The highest BCUT2D eigenvalue weighted by Crippen LogP contribution is 2.36. The van der Waals surface area contributed by atoms with Crippen molar-refractivity contribution in [2.75, 3.05) is 17.2 Å². The van der Waals surface area contributed by atoms with Gasteiger partial charge in [0.2, 0.25) is 11.8 Å². The third kappa shape index (κ3) is 8.21. The molecule has 0 saturated heterocycles. The number of hydrogen-bond acceptors (Lipinski definition) is 5. The Balaban J connectivity index is 1.42. The molecule has 6 nitrogen and oxygen atoms in total. The first-order valence-electron chi connectivity index (χ1n) is 12.4. The Hall–Kier alpha value is -4.07. The molecule has 0 heterocycles. The van der Waals surface area contributed by atoms with Crippen LogP contribution < -0.4 is 10.6 Å². The number of benzene rings is 4. The van der Waals surface area contributed by atoms with E-state index < -0.39 is 11.2 Å². The maximum absolute atomic E-state index is 13.4. The number of carbonyl (C=O) groups excluding carboxylic acids is 3. The lowest BCUT2D eigenvalue weighted by Crippen LogP contribution is -2.19. The fraction of sp³-hybridized carbons (Fsp3) is 0.129. The lowest BCUT2D eigenvalue weighted by Gasteiger charge is -2.17. The molecular weight excluding hydrogens is 532 g/mol. The zero-order valence-electron chi connectivity index (χ0n) is 21.2. The molecule has 0 fully saturated rings. The Morgan fingerprint density at radius 3 is 2.05 bits per heavy atom. The van der Waals surface area contributed by atoms with E-state index in [1.807, 2.05) is 66.7 Å². The Labute approximate surface area is 236 Å². The lowest BCUT2D eigenvalue weighted by atomic mass is 10.1. The number of thioether (sulfide) groups is 1. The monoisotopic (exact) mass is 558 g/mol. The van der Waals surface area contributed by atoms with Gasteiger partial charge in [-0.05, 0) is 78.7 Å². The van der Waals surface area contributed by atoms with Crippen molar-refractivity contribution >= 4 is 52.5 Å². The van der Waals surface area contributed by atoms with Gasteiger partial charge in [-0.2, -0.15) is 0 Å². The van der Waals surface area contributed by atoms with Gasteiger partial charge >= 0.3 is 5.97 Å². The molecule has 0 bridgehead atoms. The van der Waals surface area contributed by atoms with Gasteiger partial charge in [-0.3, -0.25) is 9.59 Å². The Bertz CT molecular complexity index is 1410. The van der Waals surface area contributed by atoms with Crippen LogP contribution in [0.25, 0.3) is 0 Å². The van der Waals surface area contributed by atoms with Crippen molar-refractivity contribution in [2.45, 2.75) is 23.5 Å². The molecule has 0 spiro atoms. The second-order valence-corrected chi connectivity index (χ2v) is 10.2. The third-order valence-corrected chi connectivity index (χ3v) is 7.19. The van der Waals surface area contributed by atoms with Crippen molar-refractivity contribution in [3.8, 4) is 0 Å². The summed E-state index contributed by atoms with van der Waals surface area (Å²) in [7, 11) is 0. The predicted molar refractivity (Wildman–Crippen MR) is 156 cm³/mol. The van der Waals surface area contributed by atoms with E-state index in [9.17, 15) is 14.4 Å². The maximum atomic E-state index is 13.4. The summed E-state index contributed by atoms with van der Waals surface area (Å²) in [6.07, 6.45) is 0.241. The van der Waals surface area contributed by atoms with Gasteiger partial charge in [0.1, 0.15) is 5.25 Å². The summed E-state index contributed by atoms with van der Waals surface area (Å²) in [5.74, 6) is -0.735. The first-order valence-corrected chi connectivity index (χ1v) is 13.6. The number of carbonyl (C=O) groups is 3. The van der Waals surface area contributed by atoms with Crippen LogP contribution in [-0.4, -0.2) is 24.4 Å². The van der Waals surface area contributed by atoms with Crippen LogP contribution in [0.1, 0.15) is 33.7 Å². The van der Waals surface area contributed by atoms with Crippen LogP contribution in [0.15, 0.2) is 108 Å². The highest BCUT2D eigenvalue weighted by molar-refractivity contribution is 8.00. The summed E-state index contributed by atoms with van der Waals surface area (Å²) < 4.78 is 5.01. The van der Waals surface area contributed by atoms with Crippen LogP contribution in [0.5, 0.6) is 0 Å². The van der Waals surface area contributed by atoms with Crippen LogP contribution >= 0.6 is 23.4 Å². The molecule has 2 amide bonds. The van der Waals surface area contributed by atoms with Crippen LogP contribution in [0, 0.1) is 0 Å². The Morgan fingerprint density at radius 2 is 1.41 bits per heavy atom. The first kappa shape index (κ1) is 28.0. The summed E-state index contributed by atoms with van der Waals surface area (Å²) in [6, 6.07) is 30.7. The number of ether oxygens (including phenoxy) is 1. The smallest absolute Gasteiger partial charge is 0.338 e. The van der Waals surface area contributed by atoms with Gasteiger partial charge in [-0.15, -0.1) is 11.8 Å². The van der Waals surface area contributed by atoms with Gasteiger partial charge < -0.3 is 15.4 Å². The molecule has 4 aromatic rings. The van der Waals surface area contributed by atoms with E-state index in [1.165, 1.54) is 11.8 Å². The van der Waals surface area contributed by atoms with Gasteiger partial charge in [0, 0.05) is 21.3 Å².